The minimum Gasteiger partial charge on any atom is -0.423 e. The minimum absolute atomic E-state index is 0.419. The summed E-state index contributed by atoms with van der Waals surface area (Å²) < 4.78 is 5.32. The standard InChI is InChI=1S/C21H18N2O2/c1-15-5-8-19(12-16(15)2)23-13-17-6-9-20(10-7-17)25-21(24)18-4-3-11-22-14-18/h3-14H,1-2H3. The molecule has 124 valence electrons. The fourth-order valence-corrected chi connectivity index (χ4v) is 2.23. The summed E-state index contributed by atoms with van der Waals surface area (Å²) in [4.78, 5) is 20.4. The van der Waals surface area contributed by atoms with Gasteiger partial charge in [-0.15, -0.1) is 0 Å². The van der Waals surface area contributed by atoms with Crippen molar-refractivity contribution in [1.82, 2.24) is 4.98 Å². The summed E-state index contributed by atoms with van der Waals surface area (Å²) in [6.45, 7) is 4.15. The molecule has 4 heteroatoms. The largest absolute Gasteiger partial charge is 0.423 e. The van der Waals surface area contributed by atoms with Crippen molar-refractivity contribution >= 4 is 17.9 Å². The number of aryl methyl sites for hydroxylation is 2. The molecule has 0 spiro atoms. The van der Waals surface area contributed by atoms with Crippen LogP contribution in [0, 0.1) is 13.8 Å². The SMILES string of the molecule is Cc1ccc(N=Cc2ccc(OC(=O)c3cccnc3)cc2)cc1C. The first-order chi connectivity index (χ1) is 12.1. The van der Waals surface area contributed by atoms with E-state index in [9.17, 15) is 4.79 Å². The molecule has 2 aromatic carbocycles. The number of nitrogens with zero attached hydrogens (tertiary/aromatic N) is 2. The van der Waals surface area contributed by atoms with Crippen molar-refractivity contribution in [2.45, 2.75) is 13.8 Å². The fourth-order valence-electron chi connectivity index (χ4n) is 2.23. The number of rotatable bonds is 4. The van der Waals surface area contributed by atoms with Crippen LogP contribution in [0.5, 0.6) is 5.75 Å². The Balaban J connectivity index is 1.66. The van der Waals surface area contributed by atoms with Gasteiger partial charge in [0.05, 0.1) is 11.3 Å². The molecule has 0 radical (unpaired) electrons. The number of hydrogen-bond donors (Lipinski definition) is 0. The van der Waals surface area contributed by atoms with E-state index in [4.69, 9.17) is 4.74 Å². The fraction of sp³-hybridized carbons (Fsp3) is 0.0952. The Labute approximate surface area is 146 Å². The summed E-state index contributed by atoms with van der Waals surface area (Å²) in [6, 6.07) is 16.7. The second-order valence-electron chi connectivity index (χ2n) is 5.73. The highest BCUT2D eigenvalue weighted by Crippen LogP contribution is 2.18. The Morgan fingerprint density at radius 1 is 1.04 bits per heavy atom. The zero-order valence-electron chi connectivity index (χ0n) is 14.1. The van der Waals surface area contributed by atoms with Crippen molar-refractivity contribution in [3.8, 4) is 5.75 Å². The smallest absolute Gasteiger partial charge is 0.345 e. The lowest BCUT2D eigenvalue weighted by Crippen LogP contribution is -2.08. The van der Waals surface area contributed by atoms with E-state index in [2.05, 4.69) is 36.0 Å². The number of carbonyl (C=O) groups is 1. The number of aliphatic imine (C=N–C) groups is 1. The first-order valence-corrected chi connectivity index (χ1v) is 7.95. The molecule has 1 heterocycles. The Bertz CT molecular complexity index is 901. The minimum atomic E-state index is -0.426. The summed E-state index contributed by atoms with van der Waals surface area (Å²) in [5.41, 5.74) is 4.73. The van der Waals surface area contributed by atoms with Gasteiger partial charge in [-0.25, -0.2) is 4.79 Å². The first-order valence-electron chi connectivity index (χ1n) is 7.95. The summed E-state index contributed by atoms with van der Waals surface area (Å²) in [5, 5.41) is 0. The van der Waals surface area contributed by atoms with Crippen LogP contribution < -0.4 is 4.74 Å². The van der Waals surface area contributed by atoms with E-state index in [1.165, 1.54) is 17.3 Å². The van der Waals surface area contributed by atoms with Crippen LogP contribution in [-0.4, -0.2) is 17.2 Å². The molecule has 0 amide bonds. The maximum Gasteiger partial charge on any atom is 0.345 e. The lowest BCUT2D eigenvalue weighted by Gasteiger charge is -2.04. The van der Waals surface area contributed by atoms with Crippen LogP contribution in [0.2, 0.25) is 0 Å². The summed E-state index contributed by atoms with van der Waals surface area (Å²) in [7, 11) is 0. The van der Waals surface area contributed by atoms with Crippen molar-refractivity contribution in [3.63, 3.8) is 0 Å². The summed E-state index contributed by atoms with van der Waals surface area (Å²) in [5.74, 6) is 0.0573. The van der Waals surface area contributed by atoms with E-state index < -0.39 is 5.97 Å². The molecule has 25 heavy (non-hydrogen) atoms. The first kappa shape index (κ1) is 16.6. The Hall–Kier alpha value is -3.27. The monoisotopic (exact) mass is 330 g/mol. The molecule has 0 N–H and O–H groups in total. The molecule has 0 aliphatic heterocycles. The van der Waals surface area contributed by atoms with E-state index in [-0.39, 0.29) is 0 Å². The van der Waals surface area contributed by atoms with Crippen LogP contribution in [0.15, 0.2) is 72.0 Å². The highest BCUT2D eigenvalue weighted by Gasteiger charge is 2.07. The van der Waals surface area contributed by atoms with Crippen LogP contribution in [0.1, 0.15) is 27.0 Å². The molecule has 0 bridgehead atoms. The van der Waals surface area contributed by atoms with Gasteiger partial charge in [-0.2, -0.15) is 0 Å². The van der Waals surface area contributed by atoms with Crippen molar-refractivity contribution < 1.29 is 9.53 Å². The number of pyridine rings is 1. The van der Waals surface area contributed by atoms with Crippen molar-refractivity contribution in [2.24, 2.45) is 4.99 Å². The van der Waals surface area contributed by atoms with Crippen LogP contribution >= 0.6 is 0 Å². The van der Waals surface area contributed by atoms with Gasteiger partial charge in [-0.05, 0) is 79.1 Å². The normalized spacial score (nSPS) is 10.8. The van der Waals surface area contributed by atoms with Crippen LogP contribution in [-0.2, 0) is 0 Å². The van der Waals surface area contributed by atoms with Gasteiger partial charge in [-0.1, -0.05) is 6.07 Å². The Morgan fingerprint density at radius 2 is 1.84 bits per heavy atom. The van der Waals surface area contributed by atoms with Crippen molar-refractivity contribution in [2.75, 3.05) is 0 Å². The number of ether oxygens (including phenoxy) is 1. The summed E-state index contributed by atoms with van der Waals surface area (Å²) in [6.07, 6.45) is 4.88. The maximum atomic E-state index is 12.0. The summed E-state index contributed by atoms with van der Waals surface area (Å²) >= 11 is 0. The third kappa shape index (κ3) is 4.38. The van der Waals surface area contributed by atoms with Gasteiger partial charge in [-0.3, -0.25) is 9.98 Å². The lowest BCUT2D eigenvalue weighted by molar-refractivity contribution is 0.0734. The zero-order chi connectivity index (χ0) is 17.6. The van der Waals surface area contributed by atoms with Gasteiger partial charge in [0.25, 0.3) is 0 Å². The van der Waals surface area contributed by atoms with Gasteiger partial charge < -0.3 is 4.74 Å². The van der Waals surface area contributed by atoms with Gasteiger partial charge in [0.2, 0.25) is 0 Å². The number of hydrogen-bond acceptors (Lipinski definition) is 4. The molecule has 1 aromatic heterocycles. The van der Waals surface area contributed by atoms with Crippen molar-refractivity contribution in [1.29, 1.82) is 0 Å². The Morgan fingerprint density at radius 3 is 2.52 bits per heavy atom. The molecule has 0 aliphatic rings. The van der Waals surface area contributed by atoms with E-state index in [0.29, 0.717) is 11.3 Å². The van der Waals surface area contributed by atoms with E-state index >= 15 is 0 Å². The number of benzene rings is 2. The second kappa shape index (κ2) is 7.53. The molecule has 0 aliphatic carbocycles. The zero-order valence-corrected chi connectivity index (χ0v) is 14.1. The molecule has 3 aromatic rings. The molecular formula is C21H18N2O2. The average molecular weight is 330 g/mol. The van der Waals surface area contributed by atoms with Gasteiger partial charge in [0.15, 0.2) is 0 Å². The van der Waals surface area contributed by atoms with Gasteiger partial charge >= 0.3 is 5.97 Å². The van der Waals surface area contributed by atoms with Gasteiger partial charge in [0, 0.05) is 18.6 Å². The highest BCUT2D eigenvalue weighted by molar-refractivity contribution is 5.90. The third-order valence-corrected chi connectivity index (χ3v) is 3.84. The topological polar surface area (TPSA) is 51.5 Å². The maximum absolute atomic E-state index is 12.0. The predicted molar refractivity (Wildman–Crippen MR) is 98.8 cm³/mol. The predicted octanol–water partition coefficient (Wildman–Crippen LogP) is 4.67. The van der Waals surface area contributed by atoms with Crippen LogP contribution in [0.25, 0.3) is 0 Å². The number of esters is 1. The Kier molecular flexibility index (Phi) is 5.00. The quantitative estimate of drug-likeness (QED) is 0.397. The molecule has 0 atom stereocenters. The molecule has 0 unspecified atom stereocenters. The number of carbonyl (C=O) groups excluding carboxylic acids is 1. The molecule has 0 fully saturated rings. The molecule has 0 saturated carbocycles. The van der Waals surface area contributed by atoms with Crippen LogP contribution in [0.3, 0.4) is 0 Å². The number of aromatic nitrogens is 1. The van der Waals surface area contributed by atoms with E-state index in [1.54, 1.807) is 36.7 Å². The van der Waals surface area contributed by atoms with E-state index in [0.717, 1.165) is 11.3 Å². The van der Waals surface area contributed by atoms with Crippen LogP contribution in [0.4, 0.5) is 5.69 Å². The average Bonchev–Trinajstić information content (AvgIpc) is 2.64. The van der Waals surface area contributed by atoms with Gasteiger partial charge in [0.1, 0.15) is 5.75 Å². The molecule has 3 rings (SSSR count). The van der Waals surface area contributed by atoms with Crippen molar-refractivity contribution in [3.05, 3.63) is 89.2 Å². The van der Waals surface area contributed by atoms with E-state index in [1.807, 2.05) is 18.2 Å². The lowest BCUT2D eigenvalue weighted by atomic mass is 10.1. The molecular weight excluding hydrogens is 312 g/mol. The molecule has 0 saturated heterocycles. The highest BCUT2D eigenvalue weighted by atomic mass is 16.5. The second-order valence-corrected chi connectivity index (χ2v) is 5.73. The third-order valence-electron chi connectivity index (χ3n) is 3.84. The molecule has 4 nitrogen and oxygen atoms in total.